The van der Waals surface area contributed by atoms with E-state index in [0.29, 0.717) is 5.13 Å². The van der Waals surface area contributed by atoms with Gasteiger partial charge in [0, 0.05) is 19.5 Å². The first-order valence-corrected chi connectivity index (χ1v) is 9.59. The monoisotopic (exact) mass is 398 g/mol. The van der Waals surface area contributed by atoms with Crippen LogP contribution in [0.5, 0.6) is 0 Å². The van der Waals surface area contributed by atoms with E-state index in [1.54, 1.807) is 7.05 Å². The third-order valence-electron chi connectivity index (χ3n) is 3.55. The van der Waals surface area contributed by atoms with Gasteiger partial charge in [-0.1, -0.05) is 11.3 Å². The molecule has 2 heterocycles. The summed E-state index contributed by atoms with van der Waals surface area (Å²) in [6.07, 6.45) is 1.58. The summed E-state index contributed by atoms with van der Waals surface area (Å²) in [4.78, 5) is 26.7. The number of carbonyl (C=O) groups excluding carboxylic acids is 1. The minimum absolute atomic E-state index is 0.113. The fourth-order valence-corrected chi connectivity index (χ4v) is 4.85. The van der Waals surface area contributed by atoms with Gasteiger partial charge in [-0.3, -0.25) is 10.1 Å². The van der Waals surface area contributed by atoms with Crippen molar-refractivity contribution in [2.24, 2.45) is 0 Å². The zero-order valence-corrected chi connectivity index (χ0v) is 15.3. The van der Waals surface area contributed by atoms with Gasteiger partial charge in [-0.15, -0.1) is 10.2 Å². The van der Waals surface area contributed by atoms with E-state index in [1.165, 1.54) is 13.0 Å². The van der Waals surface area contributed by atoms with Crippen LogP contribution >= 0.6 is 11.3 Å². The molecule has 0 unspecified atom stereocenters. The van der Waals surface area contributed by atoms with Crippen molar-refractivity contribution < 1.29 is 23.1 Å². The lowest BCUT2D eigenvalue weighted by molar-refractivity contribution is -0.132. The molecular weight excluding hydrogens is 384 g/mol. The van der Waals surface area contributed by atoms with E-state index in [4.69, 9.17) is 5.11 Å². The number of carbonyl (C=O) groups is 2. The van der Waals surface area contributed by atoms with Crippen LogP contribution in [0.3, 0.4) is 0 Å². The second-order valence-electron chi connectivity index (χ2n) is 5.32. The van der Waals surface area contributed by atoms with E-state index in [0.717, 1.165) is 15.3 Å². The number of nitrogens with zero attached hydrogens (tertiary/aromatic N) is 4. The molecule has 0 spiro atoms. The molecular formula is C13H14N6O5S2. The Hall–Kier alpha value is -2.80. The van der Waals surface area contributed by atoms with Crippen molar-refractivity contribution in [2.45, 2.75) is 24.1 Å². The van der Waals surface area contributed by atoms with Gasteiger partial charge in [-0.05, 0) is 18.9 Å². The SMILES string of the molecule is CNc1nnc(S(=O)(=O)n2c(NC(C)=O)nc3c2CCC(C(=O)O)=C3)s1. The number of hydrogen-bond acceptors (Lipinski definition) is 9. The van der Waals surface area contributed by atoms with Crippen molar-refractivity contribution in [3.8, 4) is 0 Å². The van der Waals surface area contributed by atoms with Crippen LogP contribution in [0.2, 0.25) is 0 Å². The van der Waals surface area contributed by atoms with Gasteiger partial charge in [-0.25, -0.2) is 13.8 Å². The van der Waals surface area contributed by atoms with Crippen molar-refractivity contribution in [3.05, 3.63) is 17.0 Å². The number of rotatable bonds is 5. The van der Waals surface area contributed by atoms with Gasteiger partial charge >= 0.3 is 5.97 Å². The summed E-state index contributed by atoms with van der Waals surface area (Å²) in [5.74, 6) is -1.83. The van der Waals surface area contributed by atoms with Gasteiger partial charge in [0.1, 0.15) is 0 Å². The molecule has 0 saturated heterocycles. The first kappa shape index (κ1) is 18.0. The maximum atomic E-state index is 13.0. The first-order valence-electron chi connectivity index (χ1n) is 7.34. The van der Waals surface area contributed by atoms with E-state index >= 15 is 0 Å². The van der Waals surface area contributed by atoms with Crippen LogP contribution < -0.4 is 10.6 Å². The number of imidazole rings is 1. The molecule has 0 aromatic carbocycles. The Kier molecular flexibility index (Phi) is 4.50. The van der Waals surface area contributed by atoms with Gasteiger partial charge in [0.25, 0.3) is 14.4 Å². The van der Waals surface area contributed by atoms with Crippen molar-refractivity contribution in [1.29, 1.82) is 0 Å². The van der Waals surface area contributed by atoms with Crippen LogP contribution in [-0.2, 0) is 26.0 Å². The fourth-order valence-electron chi connectivity index (χ4n) is 2.45. The summed E-state index contributed by atoms with van der Waals surface area (Å²) in [6, 6.07) is 0. The predicted molar refractivity (Wildman–Crippen MR) is 92.5 cm³/mol. The molecule has 11 nitrogen and oxygen atoms in total. The highest BCUT2D eigenvalue weighted by molar-refractivity contribution is 7.92. The van der Waals surface area contributed by atoms with Crippen LogP contribution in [0.4, 0.5) is 11.1 Å². The number of hydrogen-bond donors (Lipinski definition) is 3. The van der Waals surface area contributed by atoms with Crippen molar-refractivity contribution in [2.75, 3.05) is 17.7 Å². The van der Waals surface area contributed by atoms with Crippen molar-refractivity contribution in [3.63, 3.8) is 0 Å². The highest BCUT2D eigenvalue weighted by Crippen LogP contribution is 2.32. The molecule has 0 bridgehead atoms. The minimum atomic E-state index is -4.17. The third kappa shape index (κ3) is 3.06. The van der Waals surface area contributed by atoms with Gasteiger partial charge in [-0.2, -0.15) is 8.42 Å². The van der Waals surface area contributed by atoms with E-state index in [1.807, 2.05) is 0 Å². The number of aromatic nitrogens is 4. The Bertz CT molecular complexity index is 1040. The van der Waals surface area contributed by atoms with Crippen LogP contribution in [0.25, 0.3) is 6.08 Å². The molecule has 0 saturated carbocycles. The quantitative estimate of drug-likeness (QED) is 0.648. The number of fused-ring (bicyclic) bond motifs is 1. The summed E-state index contributed by atoms with van der Waals surface area (Å²) in [5, 5.41) is 21.9. The second-order valence-corrected chi connectivity index (χ2v) is 8.25. The maximum Gasteiger partial charge on any atom is 0.331 e. The zero-order valence-electron chi connectivity index (χ0n) is 13.7. The van der Waals surface area contributed by atoms with E-state index < -0.39 is 21.9 Å². The van der Waals surface area contributed by atoms with Crippen LogP contribution in [-0.4, -0.2) is 51.6 Å². The number of carboxylic acids is 1. The molecule has 13 heteroatoms. The molecule has 1 aliphatic carbocycles. The minimum Gasteiger partial charge on any atom is -0.478 e. The molecule has 1 aliphatic rings. The van der Waals surface area contributed by atoms with Crippen LogP contribution in [0.15, 0.2) is 9.91 Å². The Morgan fingerprint density at radius 3 is 2.62 bits per heavy atom. The highest BCUT2D eigenvalue weighted by Gasteiger charge is 2.32. The lowest BCUT2D eigenvalue weighted by atomic mass is 10.0. The Labute approximate surface area is 151 Å². The van der Waals surface area contributed by atoms with E-state index in [2.05, 4.69) is 25.8 Å². The molecule has 2 aromatic rings. The lowest BCUT2D eigenvalue weighted by Gasteiger charge is -2.13. The average molecular weight is 398 g/mol. The van der Waals surface area contributed by atoms with Gasteiger partial charge < -0.3 is 10.4 Å². The molecule has 0 aliphatic heterocycles. The summed E-state index contributed by atoms with van der Waals surface area (Å²) >= 11 is 0.830. The zero-order chi connectivity index (χ0) is 19.1. The summed E-state index contributed by atoms with van der Waals surface area (Å²) in [5.41, 5.74) is 0.571. The van der Waals surface area contributed by atoms with Crippen molar-refractivity contribution >= 4 is 50.4 Å². The third-order valence-corrected chi connectivity index (χ3v) is 6.56. The average Bonchev–Trinajstić information content (AvgIpc) is 3.18. The normalized spacial score (nSPS) is 13.7. The molecule has 2 aromatic heterocycles. The van der Waals surface area contributed by atoms with Crippen LogP contribution in [0, 0.1) is 0 Å². The predicted octanol–water partition coefficient (Wildman–Crippen LogP) is 0.386. The molecule has 138 valence electrons. The Morgan fingerprint density at radius 2 is 2.04 bits per heavy atom. The molecule has 0 radical (unpaired) electrons. The molecule has 1 amide bonds. The lowest BCUT2D eigenvalue weighted by Crippen LogP contribution is -2.21. The molecule has 3 rings (SSSR count). The molecule has 0 fully saturated rings. The van der Waals surface area contributed by atoms with Gasteiger partial charge in [0.2, 0.25) is 17.0 Å². The van der Waals surface area contributed by atoms with Crippen LogP contribution in [0.1, 0.15) is 24.7 Å². The van der Waals surface area contributed by atoms with Gasteiger partial charge in [0.05, 0.1) is 11.4 Å². The summed E-state index contributed by atoms with van der Waals surface area (Å²) in [6.45, 7) is 1.22. The fraction of sp³-hybridized carbons (Fsp3) is 0.308. The number of amides is 1. The maximum absolute atomic E-state index is 13.0. The van der Waals surface area contributed by atoms with E-state index in [-0.39, 0.29) is 40.1 Å². The highest BCUT2D eigenvalue weighted by atomic mass is 32.2. The van der Waals surface area contributed by atoms with Gasteiger partial charge in [0.15, 0.2) is 0 Å². The molecule has 3 N–H and O–H groups in total. The standard InChI is InChI=1S/C13H14N6O5S2/c1-6(20)15-11-16-8-5-7(10(21)22)3-4-9(8)19(11)26(23,24)13-18-17-12(14-2)25-13/h5H,3-4H2,1-2H3,(H,14,17)(H,21,22)(H,15,16,20). The molecule has 0 atom stereocenters. The number of nitrogens with one attached hydrogen (secondary N) is 2. The Morgan fingerprint density at radius 1 is 1.31 bits per heavy atom. The Balaban J connectivity index is 2.20. The topological polar surface area (TPSA) is 156 Å². The molecule has 26 heavy (non-hydrogen) atoms. The number of aliphatic carboxylic acids is 1. The smallest absolute Gasteiger partial charge is 0.331 e. The largest absolute Gasteiger partial charge is 0.478 e. The van der Waals surface area contributed by atoms with E-state index in [9.17, 15) is 18.0 Å². The number of anilines is 2. The summed E-state index contributed by atoms with van der Waals surface area (Å²) in [7, 11) is -2.59. The number of carboxylic acid groups (broad SMARTS) is 1. The summed E-state index contributed by atoms with van der Waals surface area (Å²) < 4.78 is 26.7. The first-order chi connectivity index (χ1) is 12.2. The second kappa shape index (κ2) is 6.49. The van der Waals surface area contributed by atoms with Crippen molar-refractivity contribution in [1.82, 2.24) is 19.2 Å².